The average molecular weight is 110 g/mol. The third-order valence-electron chi connectivity index (χ3n) is 1.00. The highest BCUT2D eigenvalue weighted by atomic mass is 16.1. The van der Waals surface area contributed by atoms with Crippen LogP contribution in [0.1, 0.15) is 6.92 Å². The Morgan fingerprint density at radius 1 is 1.62 bits per heavy atom. The van der Waals surface area contributed by atoms with Gasteiger partial charge in [0.05, 0.1) is 0 Å². The van der Waals surface area contributed by atoms with Crippen molar-refractivity contribution >= 4 is 5.78 Å². The Morgan fingerprint density at radius 3 is 2.25 bits per heavy atom. The topological polar surface area (TPSA) is 17.1 Å². The van der Waals surface area contributed by atoms with E-state index in [0.29, 0.717) is 0 Å². The summed E-state index contributed by atoms with van der Waals surface area (Å²) in [4.78, 5) is 10.6. The number of carbonyl (C=O) groups is 1. The Labute approximate surface area is 49.7 Å². The van der Waals surface area contributed by atoms with Gasteiger partial charge in [0.1, 0.15) is 0 Å². The van der Waals surface area contributed by atoms with Crippen LogP contribution >= 0.6 is 0 Å². The maximum Gasteiger partial charge on any atom is 0.161 e. The van der Waals surface area contributed by atoms with E-state index < -0.39 is 0 Å². The Hall–Kier alpha value is -0.850. The summed E-state index contributed by atoms with van der Waals surface area (Å²) in [6, 6.07) is 0. The van der Waals surface area contributed by atoms with Gasteiger partial charge in [-0.15, -0.1) is 6.58 Å². The molecule has 0 spiro atoms. The highest BCUT2D eigenvalue weighted by Crippen LogP contribution is 1.96. The van der Waals surface area contributed by atoms with Crippen molar-refractivity contribution in [2.75, 3.05) is 0 Å². The molecule has 1 atom stereocenters. The molecule has 1 heteroatoms. The van der Waals surface area contributed by atoms with Crippen molar-refractivity contribution < 1.29 is 4.79 Å². The Kier molecular flexibility index (Phi) is 2.85. The maximum absolute atomic E-state index is 10.6. The van der Waals surface area contributed by atoms with E-state index in [0.717, 1.165) is 0 Å². The molecule has 0 N–H and O–H groups in total. The molecule has 0 radical (unpaired) electrons. The third-order valence-corrected chi connectivity index (χ3v) is 1.00. The molecule has 0 aromatic carbocycles. The van der Waals surface area contributed by atoms with Gasteiger partial charge in [-0.3, -0.25) is 4.79 Å². The average Bonchev–Trinajstić information content (AvgIpc) is 1.84. The van der Waals surface area contributed by atoms with E-state index in [1.54, 1.807) is 13.0 Å². The van der Waals surface area contributed by atoms with Crippen LogP contribution in [0.25, 0.3) is 0 Å². The quantitative estimate of drug-likeness (QED) is 0.398. The monoisotopic (exact) mass is 110 g/mol. The van der Waals surface area contributed by atoms with Gasteiger partial charge in [0.2, 0.25) is 0 Å². The molecule has 0 rings (SSSR count). The molecule has 0 aromatic heterocycles. The highest BCUT2D eigenvalue weighted by molar-refractivity contribution is 5.92. The molecule has 1 unspecified atom stereocenters. The molecule has 0 aliphatic heterocycles. The van der Waals surface area contributed by atoms with E-state index in [4.69, 9.17) is 0 Å². The Morgan fingerprint density at radius 2 is 2.12 bits per heavy atom. The standard InChI is InChI=1S/C7H10O/c1-4-6(3)7(8)5-2/h4-6H,1-2H2,3H3. The first-order valence-corrected chi connectivity index (χ1v) is 2.51. The number of carbonyl (C=O) groups excluding carboxylic acids is 1. The van der Waals surface area contributed by atoms with Gasteiger partial charge in [-0.2, -0.15) is 0 Å². The maximum atomic E-state index is 10.6. The summed E-state index contributed by atoms with van der Waals surface area (Å²) in [6.07, 6.45) is 2.91. The minimum Gasteiger partial charge on any atom is -0.294 e. The third kappa shape index (κ3) is 1.73. The van der Waals surface area contributed by atoms with Gasteiger partial charge in [0.15, 0.2) is 5.78 Å². The molecule has 0 heterocycles. The van der Waals surface area contributed by atoms with Crippen LogP contribution in [0.4, 0.5) is 0 Å². The van der Waals surface area contributed by atoms with Gasteiger partial charge in [-0.25, -0.2) is 0 Å². The van der Waals surface area contributed by atoms with Crippen LogP contribution in [-0.4, -0.2) is 5.78 Å². The van der Waals surface area contributed by atoms with Crippen molar-refractivity contribution in [3.05, 3.63) is 25.3 Å². The van der Waals surface area contributed by atoms with E-state index in [-0.39, 0.29) is 11.7 Å². The molecule has 0 aliphatic rings. The molecule has 0 aromatic rings. The first kappa shape index (κ1) is 7.15. The van der Waals surface area contributed by atoms with E-state index in [9.17, 15) is 4.79 Å². The number of allylic oxidation sites excluding steroid dienone is 2. The minimum atomic E-state index is -0.0764. The second kappa shape index (κ2) is 3.19. The van der Waals surface area contributed by atoms with Crippen molar-refractivity contribution in [2.45, 2.75) is 6.92 Å². The first-order valence-electron chi connectivity index (χ1n) is 2.51. The van der Waals surface area contributed by atoms with Crippen LogP contribution in [0.3, 0.4) is 0 Å². The minimum absolute atomic E-state index is 0.0278. The lowest BCUT2D eigenvalue weighted by Crippen LogP contribution is -2.02. The molecular formula is C7H10O. The molecular weight excluding hydrogens is 100 g/mol. The van der Waals surface area contributed by atoms with Crippen LogP contribution < -0.4 is 0 Å². The van der Waals surface area contributed by atoms with Crippen molar-refractivity contribution in [1.29, 1.82) is 0 Å². The fraction of sp³-hybridized carbons (Fsp3) is 0.286. The van der Waals surface area contributed by atoms with Crippen molar-refractivity contribution in [3.8, 4) is 0 Å². The van der Waals surface area contributed by atoms with Crippen LogP contribution in [-0.2, 0) is 4.79 Å². The van der Waals surface area contributed by atoms with E-state index >= 15 is 0 Å². The molecule has 44 valence electrons. The number of ketones is 1. The predicted molar refractivity (Wildman–Crippen MR) is 34.6 cm³/mol. The summed E-state index contributed by atoms with van der Waals surface area (Å²) in [5.41, 5.74) is 0. The van der Waals surface area contributed by atoms with Gasteiger partial charge < -0.3 is 0 Å². The summed E-state index contributed by atoms with van der Waals surface area (Å²) in [5.74, 6) is -0.0486. The zero-order valence-corrected chi connectivity index (χ0v) is 5.05. The molecule has 0 aliphatic carbocycles. The summed E-state index contributed by atoms with van der Waals surface area (Å²) >= 11 is 0. The van der Waals surface area contributed by atoms with Crippen molar-refractivity contribution in [3.63, 3.8) is 0 Å². The molecule has 0 saturated carbocycles. The Balaban J connectivity index is 3.80. The van der Waals surface area contributed by atoms with Gasteiger partial charge in [-0.1, -0.05) is 19.6 Å². The molecule has 0 saturated heterocycles. The fourth-order valence-corrected chi connectivity index (χ4v) is 0.302. The summed E-state index contributed by atoms with van der Waals surface area (Å²) < 4.78 is 0. The van der Waals surface area contributed by atoms with E-state index in [1.165, 1.54) is 6.08 Å². The van der Waals surface area contributed by atoms with Crippen LogP contribution in [0.15, 0.2) is 25.3 Å². The zero-order chi connectivity index (χ0) is 6.57. The molecule has 0 fully saturated rings. The van der Waals surface area contributed by atoms with Crippen LogP contribution in [0, 0.1) is 5.92 Å². The number of hydrogen-bond donors (Lipinski definition) is 0. The zero-order valence-electron chi connectivity index (χ0n) is 5.05. The lowest BCUT2D eigenvalue weighted by molar-refractivity contribution is -0.116. The van der Waals surface area contributed by atoms with Gasteiger partial charge in [0, 0.05) is 5.92 Å². The predicted octanol–water partition coefficient (Wildman–Crippen LogP) is 1.56. The lowest BCUT2D eigenvalue weighted by atomic mass is 10.1. The lowest BCUT2D eigenvalue weighted by Gasteiger charge is -1.95. The van der Waals surface area contributed by atoms with Gasteiger partial charge in [-0.05, 0) is 6.08 Å². The summed E-state index contributed by atoms with van der Waals surface area (Å²) in [5, 5.41) is 0. The fourth-order valence-electron chi connectivity index (χ4n) is 0.302. The van der Waals surface area contributed by atoms with E-state index in [1.807, 2.05) is 0 Å². The largest absolute Gasteiger partial charge is 0.294 e. The summed E-state index contributed by atoms with van der Waals surface area (Å²) in [6.45, 7) is 8.58. The van der Waals surface area contributed by atoms with Gasteiger partial charge in [0.25, 0.3) is 0 Å². The van der Waals surface area contributed by atoms with Crippen LogP contribution in [0.2, 0.25) is 0 Å². The van der Waals surface area contributed by atoms with E-state index in [2.05, 4.69) is 13.2 Å². The highest BCUT2D eigenvalue weighted by Gasteiger charge is 2.01. The van der Waals surface area contributed by atoms with Crippen molar-refractivity contribution in [1.82, 2.24) is 0 Å². The SMILES string of the molecule is C=CC(=O)C(C)C=C. The second-order valence-corrected chi connectivity index (χ2v) is 1.63. The molecule has 8 heavy (non-hydrogen) atoms. The molecule has 1 nitrogen and oxygen atoms in total. The van der Waals surface area contributed by atoms with Gasteiger partial charge >= 0.3 is 0 Å². The first-order chi connectivity index (χ1) is 3.72. The summed E-state index contributed by atoms with van der Waals surface area (Å²) in [7, 11) is 0. The smallest absolute Gasteiger partial charge is 0.161 e. The van der Waals surface area contributed by atoms with Crippen LogP contribution in [0.5, 0.6) is 0 Å². The number of hydrogen-bond acceptors (Lipinski definition) is 1. The molecule has 0 bridgehead atoms. The van der Waals surface area contributed by atoms with Crippen molar-refractivity contribution in [2.24, 2.45) is 5.92 Å². The molecule has 0 amide bonds. The Bertz CT molecular complexity index is 114. The number of rotatable bonds is 3. The normalized spacial score (nSPS) is 12.1. The second-order valence-electron chi connectivity index (χ2n) is 1.63.